The number of likely N-dealkylation sites (tertiary alicyclic amines) is 2. The van der Waals surface area contributed by atoms with E-state index in [1.807, 2.05) is 41.8 Å². The van der Waals surface area contributed by atoms with Crippen LogP contribution in [0.15, 0.2) is 24.3 Å². The Labute approximate surface area is 327 Å². The van der Waals surface area contributed by atoms with Crippen LogP contribution in [0.3, 0.4) is 0 Å². The quantitative estimate of drug-likeness (QED) is 0.263. The van der Waals surface area contributed by atoms with E-state index in [-0.39, 0.29) is 17.6 Å². The molecule has 1 aromatic heterocycles. The first-order valence-corrected chi connectivity index (χ1v) is 20.3. The maximum Gasteiger partial charge on any atom is 0.353 e. The first-order chi connectivity index (χ1) is 26.2. The minimum atomic E-state index is -1.02. The minimum Gasteiger partial charge on any atom is -0.496 e. The van der Waals surface area contributed by atoms with Crippen LogP contribution in [0.25, 0.3) is 22.0 Å². The molecule has 3 N–H and O–H groups in total. The Hall–Kier alpha value is -3.97. The van der Waals surface area contributed by atoms with Crippen LogP contribution in [-0.4, -0.2) is 137 Å². The third-order valence-electron chi connectivity index (χ3n) is 12.6. The SMILES string of the molecule is CCN(CC)C1CCN(Cc2c(OC)c(C(N)=O)cc(C(C)(C)C)c2-c2c(C(=O)O)n(C)c3c(CN4CCN(C(=O)C5CCCN5C)CC4)cccc23)CC1. The molecule has 1 atom stereocenters. The van der Waals surface area contributed by atoms with Crippen molar-refractivity contribution in [1.82, 2.24) is 29.1 Å². The summed E-state index contributed by atoms with van der Waals surface area (Å²) >= 11 is 0. The van der Waals surface area contributed by atoms with Gasteiger partial charge in [0.15, 0.2) is 0 Å². The summed E-state index contributed by atoms with van der Waals surface area (Å²) in [6.07, 6.45) is 4.03. The van der Waals surface area contributed by atoms with Gasteiger partial charge in [0.2, 0.25) is 5.91 Å². The number of carbonyl (C=O) groups is 3. The lowest BCUT2D eigenvalue weighted by Gasteiger charge is -2.38. The second-order valence-corrected chi connectivity index (χ2v) is 16.8. The lowest BCUT2D eigenvalue weighted by Crippen LogP contribution is -2.52. The van der Waals surface area contributed by atoms with Crippen LogP contribution in [0.4, 0.5) is 0 Å². The van der Waals surface area contributed by atoms with Gasteiger partial charge in [-0.3, -0.25) is 24.3 Å². The van der Waals surface area contributed by atoms with Crippen molar-refractivity contribution in [3.8, 4) is 16.9 Å². The molecule has 3 fully saturated rings. The van der Waals surface area contributed by atoms with Gasteiger partial charge in [-0.1, -0.05) is 52.8 Å². The van der Waals surface area contributed by atoms with Gasteiger partial charge in [-0.15, -0.1) is 0 Å². The number of piperazine rings is 1. The van der Waals surface area contributed by atoms with Gasteiger partial charge in [-0.2, -0.15) is 0 Å². The predicted octanol–water partition coefficient (Wildman–Crippen LogP) is 4.99. The molecule has 0 spiro atoms. The van der Waals surface area contributed by atoms with Crippen molar-refractivity contribution in [2.75, 3.05) is 73.1 Å². The predicted molar refractivity (Wildman–Crippen MR) is 218 cm³/mol. The van der Waals surface area contributed by atoms with E-state index in [4.69, 9.17) is 10.5 Å². The molecule has 12 heteroatoms. The number of aromatic nitrogens is 1. The van der Waals surface area contributed by atoms with Crippen molar-refractivity contribution in [2.45, 2.75) is 90.9 Å². The fourth-order valence-corrected chi connectivity index (χ4v) is 9.60. The van der Waals surface area contributed by atoms with E-state index in [0.29, 0.717) is 49.1 Å². The topological polar surface area (TPSA) is 128 Å². The Morgan fingerprint density at radius 1 is 0.909 bits per heavy atom. The average Bonchev–Trinajstić information content (AvgIpc) is 3.72. The molecule has 3 aliphatic rings. The van der Waals surface area contributed by atoms with Crippen molar-refractivity contribution >= 4 is 28.7 Å². The van der Waals surface area contributed by atoms with Gasteiger partial charge in [0.25, 0.3) is 5.91 Å². The molecule has 2 amide bonds. The molecule has 2 aromatic carbocycles. The molecule has 0 aliphatic carbocycles. The number of carboxylic acids is 1. The number of likely N-dealkylation sites (N-methyl/N-ethyl adjacent to an activating group) is 1. The van der Waals surface area contributed by atoms with Gasteiger partial charge in [-0.25, -0.2) is 4.79 Å². The zero-order chi connectivity index (χ0) is 39.8. The fraction of sp³-hybridized carbons (Fsp3) is 0.605. The Morgan fingerprint density at radius 2 is 1.56 bits per heavy atom. The Kier molecular flexibility index (Phi) is 12.3. The third-order valence-corrected chi connectivity index (χ3v) is 12.6. The van der Waals surface area contributed by atoms with Gasteiger partial charge in [0.1, 0.15) is 11.4 Å². The van der Waals surface area contributed by atoms with E-state index in [9.17, 15) is 19.5 Å². The Bertz CT molecular complexity index is 1900. The summed E-state index contributed by atoms with van der Waals surface area (Å²) in [7, 11) is 5.45. The summed E-state index contributed by atoms with van der Waals surface area (Å²) in [6.45, 7) is 19.4. The summed E-state index contributed by atoms with van der Waals surface area (Å²) in [6, 6.07) is 8.45. The minimum absolute atomic E-state index is 0.0191. The zero-order valence-corrected chi connectivity index (χ0v) is 34.4. The molecule has 3 aromatic rings. The van der Waals surface area contributed by atoms with Gasteiger partial charge in [0, 0.05) is 68.9 Å². The first kappa shape index (κ1) is 40.7. The Morgan fingerprint density at radius 3 is 2.11 bits per heavy atom. The summed E-state index contributed by atoms with van der Waals surface area (Å²) < 4.78 is 7.91. The van der Waals surface area contributed by atoms with Crippen LogP contribution in [-0.2, 0) is 30.3 Å². The number of methoxy groups -OCH3 is 1. The number of hydrogen-bond acceptors (Lipinski definition) is 8. The maximum atomic E-state index is 13.5. The van der Waals surface area contributed by atoms with Gasteiger partial charge < -0.3 is 29.9 Å². The van der Waals surface area contributed by atoms with Crippen molar-refractivity contribution in [3.05, 3.63) is 52.2 Å². The average molecular weight is 758 g/mol. The maximum absolute atomic E-state index is 13.5. The molecular weight excluding hydrogens is 695 g/mol. The number of amides is 2. The number of hydrogen-bond donors (Lipinski definition) is 2. The van der Waals surface area contributed by atoms with Crippen molar-refractivity contribution in [2.24, 2.45) is 12.8 Å². The van der Waals surface area contributed by atoms with E-state index in [0.717, 1.165) is 105 Å². The smallest absolute Gasteiger partial charge is 0.353 e. The number of para-hydroxylation sites is 1. The number of aryl methyl sites for hydroxylation is 1. The van der Waals surface area contributed by atoms with Crippen LogP contribution < -0.4 is 10.5 Å². The highest BCUT2D eigenvalue weighted by Gasteiger charge is 2.36. The molecule has 3 aliphatic heterocycles. The molecule has 3 saturated heterocycles. The molecule has 0 radical (unpaired) electrons. The zero-order valence-electron chi connectivity index (χ0n) is 34.4. The van der Waals surface area contributed by atoms with Crippen molar-refractivity contribution in [3.63, 3.8) is 0 Å². The molecule has 4 heterocycles. The number of aromatic carboxylic acids is 1. The Balaban J connectivity index is 1.44. The number of benzene rings is 2. The van der Waals surface area contributed by atoms with E-state index in [2.05, 4.69) is 60.3 Å². The van der Waals surface area contributed by atoms with E-state index >= 15 is 0 Å². The standard InChI is InChI=1S/C43H63N7O5/c1-9-49(10-2)29-16-19-47(20-17-29)27-32-35(33(43(3,4)5)25-31(40(44)51)39(32)55-8)36-30-14-11-13-28(37(30)46(7)38(36)42(53)54)26-48-21-23-50(24-22-48)41(52)34-15-12-18-45(34)6/h11,13-14,25,29,34H,9-10,12,15-24,26-27H2,1-8H3,(H2,44,51)(H,53,54). The van der Waals surface area contributed by atoms with Crippen LogP contribution in [0.5, 0.6) is 5.75 Å². The summed E-state index contributed by atoms with van der Waals surface area (Å²) in [5.41, 5.74) is 11.0. The summed E-state index contributed by atoms with van der Waals surface area (Å²) in [4.78, 5) is 51.4. The molecule has 0 saturated carbocycles. The van der Waals surface area contributed by atoms with Crippen molar-refractivity contribution < 1.29 is 24.2 Å². The lowest BCUT2D eigenvalue weighted by atomic mass is 9.77. The van der Waals surface area contributed by atoms with Gasteiger partial charge in [-0.05, 0) is 93.6 Å². The molecule has 12 nitrogen and oxygen atoms in total. The highest BCUT2D eigenvalue weighted by atomic mass is 16.5. The van der Waals surface area contributed by atoms with Crippen molar-refractivity contribution in [1.29, 1.82) is 0 Å². The number of nitrogens with two attached hydrogens (primary N) is 1. The number of ether oxygens (including phenoxy) is 1. The monoisotopic (exact) mass is 757 g/mol. The van der Waals surface area contributed by atoms with Crippen LogP contribution in [0.2, 0.25) is 0 Å². The van der Waals surface area contributed by atoms with Crippen LogP contribution in [0, 0.1) is 0 Å². The summed E-state index contributed by atoms with van der Waals surface area (Å²) in [5, 5.41) is 11.9. The fourth-order valence-electron chi connectivity index (χ4n) is 9.60. The molecule has 6 rings (SSSR count). The van der Waals surface area contributed by atoms with E-state index in [1.54, 1.807) is 7.11 Å². The second-order valence-electron chi connectivity index (χ2n) is 16.8. The highest BCUT2D eigenvalue weighted by Crippen LogP contribution is 2.47. The molecule has 55 heavy (non-hydrogen) atoms. The van der Waals surface area contributed by atoms with Crippen LogP contribution in [0.1, 0.15) is 97.8 Å². The molecule has 1 unspecified atom stereocenters. The highest BCUT2D eigenvalue weighted by molar-refractivity contribution is 6.11. The second kappa shape index (κ2) is 16.6. The number of carboxylic acid groups (broad SMARTS) is 1. The number of fused-ring (bicyclic) bond motifs is 1. The van der Waals surface area contributed by atoms with Crippen LogP contribution >= 0.6 is 0 Å². The third kappa shape index (κ3) is 8.01. The summed E-state index contributed by atoms with van der Waals surface area (Å²) in [5.74, 6) is -0.961. The normalized spacial score (nSPS) is 19.5. The van der Waals surface area contributed by atoms with Gasteiger partial charge >= 0.3 is 5.97 Å². The number of primary amides is 1. The van der Waals surface area contributed by atoms with Gasteiger partial charge in [0.05, 0.1) is 24.2 Å². The first-order valence-electron chi connectivity index (χ1n) is 20.3. The van der Waals surface area contributed by atoms with E-state index < -0.39 is 17.3 Å². The number of rotatable bonds is 12. The lowest BCUT2D eigenvalue weighted by molar-refractivity contribution is -0.137. The molecule has 0 bridgehead atoms. The van der Waals surface area contributed by atoms with E-state index in [1.165, 1.54) is 0 Å². The molecule has 300 valence electrons. The molecular formula is C43H63N7O5. The largest absolute Gasteiger partial charge is 0.496 e. The number of carbonyl (C=O) groups excluding carboxylic acids is 2. The number of piperidine rings is 1. The number of nitrogens with zero attached hydrogens (tertiary/aromatic N) is 6.